The first kappa shape index (κ1) is 9.55. The van der Waals surface area contributed by atoms with E-state index < -0.39 is 5.97 Å². The molecule has 74 valence electrons. The van der Waals surface area contributed by atoms with E-state index in [0.29, 0.717) is 6.54 Å². The summed E-state index contributed by atoms with van der Waals surface area (Å²) in [7, 11) is 0. The fourth-order valence-corrected chi connectivity index (χ4v) is 2.77. The van der Waals surface area contributed by atoms with E-state index in [2.05, 4.69) is 0 Å². The highest BCUT2D eigenvalue weighted by Crippen LogP contribution is 2.29. The normalized spacial score (nSPS) is 26.3. The number of benzene rings is 1. The lowest BCUT2D eigenvalue weighted by atomic mass is 10.2. The van der Waals surface area contributed by atoms with Gasteiger partial charge >= 0.3 is 0 Å². The number of quaternary nitrogens is 1. The molecule has 1 aliphatic rings. The minimum absolute atomic E-state index is 0.207. The fourth-order valence-electron chi connectivity index (χ4n) is 1.54. The zero-order valence-corrected chi connectivity index (χ0v) is 8.37. The van der Waals surface area contributed by atoms with Gasteiger partial charge in [0, 0.05) is 5.56 Å². The van der Waals surface area contributed by atoms with Gasteiger partial charge in [-0.1, -0.05) is 42.1 Å². The number of hydrogen-bond donors (Lipinski definition) is 1. The van der Waals surface area contributed by atoms with Gasteiger partial charge in [-0.2, -0.15) is 0 Å². The molecule has 0 aliphatic carbocycles. The Morgan fingerprint density at radius 1 is 1.43 bits per heavy atom. The molecule has 1 saturated heterocycles. The average Bonchev–Trinajstić information content (AvgIpc) is 2.68. The smallest absolute Gasteiger partial charge is 0.159 e. The third-order valence-electron chi connectivity index (χ3n) is 2.27. The molecule has 0 saturated carbocycles. The molecule has 0 spiro atoms. The van der Waals surface area contributed by atoms with Crippen LogP contribution in [0.1, 0.15) is 10.9 Å². The van der Waals surface area contributed by atoms with Crippen molar-refractivity contribution >= 4 is 17.7 Å². The number of carbonyl (C=O) groups excluding carboxylic acids is 1. The van der Waals surface area contributed by atoms with Gasteiger partial charge in [-0.15, -0.1) is 0 Å². The number of rotatable bonds is 2. The summed E-state index contributed by atoms with van der Waals surface area (Å²) in [6.45, 7) is 0.604. The first-order valence-electron chi connectivity index (χ1n) is 4.52. The molecule has 0 radical (unpaired) electrons. The third kappa shape index (κ3) is 1.91. The highest BCUT2D eigenvalue weighted by atomic mass is 32.2. The number of carboxylic acid groups (broad SMARTS) is 1. The maximum absolute atomic E-state index is 10.6. The molecule has 0 unspecified atom stereocenters. The Hall–Kier alpha value is -1.00. The van der Waals surface area contributed by atoms with Crippen molar-refractivity contribution in [2.75, 3.05) is 6.54 Å². The number of nitrogens with two attached hydrogens (primary N) is 1. The van der Waals surface area contributed by atoms with Gasteiger partial charge in [0.25, 0.3) is 0 Å². The lowest BCUT2D eigenvalue weighted by Crippen LogP contribution is -2.82. The van der Waals surface area contributed by atoms with Crippen molar-refractivity contribution in [1.82, 2.24) is 0 Å². The Labute approximate surface area is 86.5 Å². The highest BCUT2D eigenvalue weighted by molar-refractivity contribution is 8.00. The number of thioether (sulfide) groups is 1. The van der Waals surface area contributed by atoms with Crippen LogP contribution in [0.2, 0.25) is 0 Å². The Bertz CT molecular complexity index is 328. The van der Waals surface area contributed by atoms with Crippen molar-refractivity contribution in [1.29, 1.82) is 0 Å². The molecule has 0 bridgehead atoms. The van der Waals surface area contributed by atoms with Gasteiger partial charge in [0.05, 0.1) is 17.8 Å². The molecule has 2 N–H and O–H groups in total. The minimum atomic E-state index is -0.954. The largest absolute Gasteiger partial charge is 0.549 e. The van der Waals surface area contributed by atoms with Crippen LogP contribution in [0.4, 0.5) is 0 Å². The number of hydrogen-bond acceptors (Lipinski definition) is 3. The predicted octanol–water partition coefficient (Wildman–Crippen LogP) is -0.886. The molecule has 3 nitrogen and oxygen atoms in total. The lowest BCUT2D eigenvalue weighted by molar-refractivity contribution is -0.665. The molecule has 14 heavy (non-hydrogen) atoms. The van der Waals surface area contributed by atoms with E-state index in [1.54, 1.807) is 0 Å². The first-order chi connectivity index (χ1) is 6.77. The number of aliphatic carboxylic acids is 1. The summed E-state index contributed by atoms with van der Waals surface area (Å²) in [6, 6.07) is 9.93. The van der Waals surface area contributed by atoms with Gasteiger partial charge in [0.15, 0.2) is 5.37 Å². The summed E-state index contributed by atoms with van der Waals surface area (Å²) in [5.41, 5.74) is 1.17. The molecule has 2 rings (SSSR count). The SMILES string of the molecule is O=C([O-])[C@@H]1C[NH2+][C@H](c2ccccc2)S1. The molecular weight excluding hydrogens is 198 g/mol. The molecule has 1 fully saturated rings. The molecule has 4 heteroatoms. The maximum Gasteiger partial charge on any atom is 0.159 e. The molecule has 1 aromatic carbocycles. The van der Waals surface area contributed by atoms with Crippen LogP contribution in [0.25, 0.3) is 0 Å². The van der Waals surface area contributed by atoms with Gasteiger partial charge in [-0.05, 0) is 0 Å². The quantitative estimate of drug-likeness (QED) is 0.687. The summed E-state index contributed by atoms with van der Waals surface area (Å²) in [5, 5.41) is 12.5. The highest BCUT2D eigenvalue weighted by Gasteiger charge is 2.30. The van der Waals surface area contributed by atoms with Gasteiger partial charge < -0.3 is 15.2 Å². The van der Waals surface area contributed by atoms with Crippen LogP contribution in [0.3, 0.4) is 0 Å². The number of carbonyl (C=O) groups is 1. The topological polar surface area (TPSA) is 56.7 Å². The zero-order valence-electron chi connectivity index (χ0n) is 7.55. The lowest BCUT2D eigenvalue weighted by Gasteiger charge is -2.07. The summed E-state index contributed by atoms with van der Waals surface area (Å²) in [5.74, 6) is -0.954. The summed E-state index contributed by atoms with van der Waals surface area (Å²) in [6.07, 6.45) is 0. The molecule has 1 aliphatic heterocycles. The molecular formula is C10H11NO2S. The van der Waals surface area contributed by atoms with Crippen LogP contribution in [-0.2, 0) is 4.79 Å². The average molecular weight is 209 g/mol. The predicted molar refractivity (Wildman–Crippen MR) is 52.4 cm³/mol. The van der Waals surface area contributed by atoms with Crippen LogP contribution in [0.15, 0.2) is 30.3 Å². The summed E-state index contributed by atoms with van der Waals surface area (Å²) in [4.78, 5) is 10.6. The van der Waals surface area contributed by atoms with Crippen LogP contribution < -0.4 is 10.4 Å². The minimum Gasteiger partial charge on any atom is -0.549 e. The van der Waals surface area contributed by atoms with Crippen LogP contribution in [-0.4, -0.2) is 17.8 Å². The first-order valence-corrected chi connectivity index (χ1v) is 5.46. The van der Waals surface area contributed by atoms with E-state index in [1.807, 2.05) is 35.6 Å². The molecule has 0 amide bonds. The number of carboxylic acids is 1. The summed E-state index contributed by atoms with van der Waals surface area (Å²) >= 11 is 1.45. The van der Waals surface area contributed by atoms with Crippen molar-refractivity contribution < 1.29 is 15.2 Å². The van der Waals surface area contributed by atoms with E-state index in [-0.39, 0.29) is 10.6 Å². The Balaban J connectivity index is 2.06. The van der Waals surface area contributed by atoms with Crippen molar-refractivity contribution in [3.63, 3.8) is 0 Å². The van der Waals surface area contributed by atoms with Gasteiger partial charge in [-0.3, -0.25) is 0 Å². The molecule has 0 aromatic heterocycles. The van der Waals surface area contributed by atoms with Gasteiger partial charge in [0.2, 0.25) is 0 Å². The second-order valence-corrected chi connectivity index (χ2v) is 4.60. The van der Waals surface area contributed by atoms with Crippen LogP contribution >= 0.6 is 11.8 Å². The third-order valence-corrected chi connectivity index (χ3v) is 3.74. The van der Waals surface area contributed by atoms with Crippen molar-refractivity contribution in [2.24, 2.45) is 0 Å². The Morgan fingerprint density at radius 3 is 2.71 bits per heavy atom. The molecule has 1 aromatic rings. The molecule has 2 atom stereocenters. The fraction of sp³-hybridized carbons (Fsp3) is 0.300. The van der Waals surface area contributed by atoms with Gasteiger partial charge in [0.1, 0.15) is 0 Å². The van der Waals surface area contributed by atoms with Crippen molar-refractivity contribution in [2.45, 2.75) is 10.6 Å². The van der Waals surface area contributed by atoms with E-state index in [0.717, 1.165) is 0 Å². The van der Waals surface area contributed by atoms with E-state index in [9.17, 15) is 9.90 Å². The standard InChI is InChI=1S/C10H11NO2S/c12-10(13)8-6-11-9(14-8)7-4-2-1-3-5-7/h1-5,8-9,11H,6H2,(H,12,13)/t8-,9-/m0/s1. The van der Waals surface area contributed by atoms with Crippen LogP contribution in [0, 0.1) is 0 Å². The van der Waals surface area contributed by atoms with Crippen molar-refractivity contribution in [3.05, 3.63) is 35.9 Å². The second-order valence-electron chi connectivity index (χ2n) is 3.25. The van der Waals surface area contributed by atoms with E-state index in [4.69, 9.17) is 0 Å². The molecule has 1 heterocycles. The maximum atomic E-state index is 10.6. The van der Waals surface area contributed by atoms with Crippen molar-refractivity contribution in [3.8, 4) is 0 Å². The van der Waals surface area contributed by atoms with E-state index >= 15 is 0 Å². The van der Waals surface area contributed by atoms with Gasteiger partial charge in [-0.25, -0.2) is 0 Å². The van der Waals surface area contributed by atoms with E-state index in [1.165, 1.54) is 17.3 Å². The summed E-state index contributed by atoms with van der Waals surface area (Å²) < 4.78 is 0. The second kappa shape index (κ2) is 4.02. The van der Waals surface area contributed by atoms with Crippen LogP contribution in [0.5, 0.6) is 0 Å². The monoisotopic (exact) mass is 209 g/mol. The Morgan fingerprint density at radius 2 is 2.14 bits per heavy atom. The Kier molecular flexibility index (Phi) is 2.74. The zero-order chi connectivity index (χ0) is 9.97.